The van der Waals surface area contributed by atoms with E-state index in [1.807, 2.05) is 6.92 Å². The molecule has 0 saturated carbocycles. The van der Waals surface area contributed by atoms with Gasteiger partial charge < -0.3 is 4.74 Å². The van der Waals surface area contributed by atoms with E-state index < -0.39 is 29.3 Å². The summed E-state index contributed by atoms with van der Waals surface area (Å²) in [6.45, 7) is 8.68. The number of nitrogens with zero attached hydrogens (tertiary/aromatic N) is 1. The lowest BCUT2D eigenvalue weighted by Crippen LogP contribution is -2.45. The molecule has 112 valence electrons. The maximum absolute atomic E-state index is 12.2. The number of amides is 1. The first-order chi connectivity index (χ1) is 9.61. The molecule has 2 rings (SSSR count). The number of anilines is 1. The van der Waals surface area contributed by atoms with Crippen molar-refractivity contribution in [3.05, 3.63) is 29.3 Å². The third kappa shape index (κ3) is 2.82. The van der Waals surface area contributed by atoms with E-state index in [1.165, 1.54) is 4.90 Å². The molecule has 21 heavy (non-hydrogen) atoms. The summed E-state index contributed by atoms with van der Waals surface area (Å²) in [7, 11) is 0. The normalized spacial score (nSPS) is 16.0. The zero-order chi connectivity index (χ0) is 15.9. The molecule has 0 radical (unpaired) electrons. The number of ether oxygens (including phenoxy) is 1. The first-order valence-corrected chi connectivity index (χ1v) is 6.83. The minimum Gasteiger partial charge on any atom is -0.458 e. The van der Waals surface area contributed by atoms with E-state index in [9.17, 15) is 14.4 Å². The average Bonchev–Trinajstić information content (AvgIpc) is 2.59. The lowest BCUT2D eigenvalue weighted by Gasteiger charge is -2.27. The van der Waals surface area contributed by atoms with Crippen LogP contribution in [0.25, 0.3) is 0 Å². The van der Waals surface area contributed by atoms with E-state index in [1.54, 1.807) is 45.9 Å². The zero-order valence-corrected chi connectivity index (χ0v) is 12.9. The van der Waals surface area contributed by atoms with E-state index in [2.05, 4.69) is 0 Å². The van der Waals surface area contributed by atoms with Crippen LogP contribution in [0, 0.1) is 6.92 Å². The molecule has 1 aromatic rings. The number of carbonyl (C=O) groups is 3. The molecule has 0 saturated heterocycles. The van der Waals surface area contributed by atoms with Crippen LogP contribution in [0.15, 0.2) is 18.2 Å². The third-order valence-electron chi connectivity index (χ3n) is 3.20. The predicted molar refractivity (Wildman–Crippen MR) is 78.3 cm³/mol. The summed E-state index contributed by atoms with van der Waals surface area (Å²) < 4.78 is 5.29. The van der Waals surface area contributed by atoms with Crippen molar-refractivity contribution < 1.29 is 19.1 Å². The average molecular weight is 289 g/mol. The van der Waals surface area contributed by atoms with Crippen LogP contribution < -0.4 is 4.90 Å². The Balaban J connectivity index is 2.35. The van der Waals surface area contributed by atoms with Crippen molar-refractivity contribution >= 4 is 23.3 Å². The van der Waals surface area contributed by atoms with E-state index in [4.69, 9.17) is 4.74 Å². The van der Waals surface area contributed by atoms with Crippen molar-refractivity contribution in [3.63, 3.8) is 0 Å². The highest BCUT2D eigenvalue weighted by molar-refractivity contribution is 6.52. The van der Waals surface area contributed by atoms with Gasteiger partial charge in [0.2, 0.25) is 0 Å². The van der Waals surface area contributed by atoms with E-state index in [0.717, 1.165) is 5.56 Å². The van der Waals surface area contributed by atoms with Gasteiger partial charge in [0.15, 0.2) is 0 Å². The van der Waals surface area contributed by atoms with Crippen LogP contribution in [0.2, 0.25) is 0 Å². The Bertz CT molecular complexity index is 628. The fourth-order valence-corrected chi connectivity index (χ4v) is 2.25. The molecule has 0 spiro atoms. The van der Waals surface area contributed by atoms with Crippen LogP contribution in [0.4, 0.5) is 5.69 Å². The molecule has 0 fully saturated rings. The van der Waals surface area contributed by atoms with Gasteiger partial charge in [-0.2, -0.15) is 0 Å². The van der Waals surface area contributed by atoms with Gasteiger partial charge in [0, 0.05) is 0 Å². The Morgan fingerprint density at radius 2 is 1.86 bits per heavy atom. The van der Waals surface area contributed by atoms with E-state index >= 15 is 0 Å². The number of carbonyl (C=O) groups excluding carboxylic acids is 3. The topological polar surface area (TPSA) is 63.7 Å². The number of rotatable bonds is 2. The van der Waals surface area contributed by atoms with Crippen molar-refractivity contribution in [1.82, 2.24) is 0 Å². The lowest BCUT2D eigenvalue weighted by molar-refractivity contribution is -0.156. The number of hydrogen-bond donors (Lipinski definition) is 0. The monoisotopic (exact) mass is 289 g/mol. The number of aryl methyl sites for hydroxylation is 1. The van der Waals surface area contributed by atoms with Crippen LogP contribution in [0.1, 0.15) is 43.6 Å². The van der Waals surface area contributed by atoms with Gasteiger partial charge in [0.05, 0.1) is 11.3 Å². The second-order valence-corrected chi connectivity index (χ2v) is 6.23. The van der Waals surface area contributed by atoms with Gasteiger partial charge in [-0.25, -0.2) is 4.79 Å². The fraction of sp³-hybridized carbons (Fsp3) is 0.438. The summed E-state index contributed by atoms with van der Waals surface area (Å²) in [5.74, 6) is -1.80. The van der Waals surface area contributed by atoms with Gasteiger partial charge in [0.25, 0.3) is 11.7 Å². The highest BCUT2D eigenvalue weighted by atomic mass is 16.6. The summed E-state index contributed by atoms with van der Waals surface area (Å²) in [4.78, 5) is 37.5. The predicted octanol–water partition coefficient (Wildman–Crippen LogP) is 2.25. The smallest absolute Gasteiger partial charge is 0.329 e. The number of esters is 1. The molecular formula is C16H19NO4. The highest BCUT2D eigenvalue weighted by Crippen LogP contribution is 2.32. The van der Waals surface area contributed by atoms with Crippen molar-refractivity contribution in [1.29, 1.82) is 0 Å². The summed E-state index contributed by atoms with van der Waals surface area (Å²) in [5, 5.41) is 0. The Hall–Kier alpha value is -2.17. The molecule has 1 amide bonds. The summed E-state index contributed by atoms with van der Waals surface area (Å²) in [6.07, 6.45) is 0. The van der Waals surface area contributed by atoms with Crippen LogP contribution in [-0.4, -0.2) is 29.3 Å². The van der Waals surface area contributed by atoms with Gasteiger partial charge in [0.1, 0.15) is 11.6 Å². The Labute approximate surface area is 123 Å². The molecule has 1 aromatic carbocycles. The molecule has 5 nitrogen and oxygen atoms in total. The molecule has 0 aromatic heterocycles. The fourth-order valence-electron chi connectivity index (χ4n) is 2.25. The molecule has 1 heterocycles. The lowest BCUT2D eigenvalue weighted by atomic mass is 10.1. The summed E-state index contributed by atoms with van der Waals surface area (Å²) >= 11 is 0. The Kier molecular flexibility index (Phi) is 3.61. The van der Waals surface area contributed by atoms with Gasteiger partial charge in [-0.1, -0.05) is 11.6 Å². The quantitative estimate of drug-likeness (QED) is 0.619. The van der Waals surface area contributed by atoms with Gasteiger partial charge in [-0.15, -0.1) is 0 Å². The SMILES string of the molecule is Cc1ccc2c(c1)C(=O)C(=O)N2[C@H](C)C(=O)OC(C)(C)C. The van der Waals surface area contributed by atoms with Crippen LogP contribution >= 0.6 is 0 Å². The number of Topliss-reactive ketones (excluding diaryl/α,β-unsaturated/α-hetero) is 1. The first kappa shape index (κ1) is 15.2. The summed E-state index contributed by atoms with van der Waals surface area (Å²) in [5.41, 5.74) is 1.06. The molecule has 1 aliphatic rings. The Morgan fingerprint density at radius 1 is 1.24 bits per heavy atom. The molecule has 1 aliphatic heterocycles. The molecule has 0 unspecified atom stereocenters. The number of fused-ring (bicyclic) bond motifs is 1. The van der Waals surface area contributed by atoms with Crippen molar-refractivity contribution in [2.45, 2.75) is 46.3 Å². The Morgan fingerprint density at radius 3 is 2.43 bits per heavy atom. The largest absolute Gasteiger partial charge is 0.458 e. The van der Waals surface area contributed by atoms with Crippen LogP contribution in [0.5, 0.6) is 0 Å². The van der Waals surface area contributed by atoms with Gasteiger partial charge in [-0.05, 0) is 46.8 Å². The highest BCUT2D eigenvalue weighted by Gasteiger charge is 2.41. The maximum atomic E-state index is 12.2. The van der Waals surface area contributed by atoms with Crippen molar-refractivity contribution in [2.24, 2.45) is 0 Å². The second kappa shape index (κ2) is 4.98. The van der Waals surface area contributed by atoms with Gasteiger partial charge in [-0.3, -0.25) is 14.5 Å². The molecule has 0 bridgehead atoms. The maximum Gasteiger partial charge on any atom is 0.329 e. The second-order valence-electron chi connectivity index (χ2n) is 6.23. The van der Waals surface area contributed by atoms with Crippen molar-refractivity contribution in [2.75, 3.05) is 4.90 Å². The van der Waals surface area contributed by atoms with E-state index in [0.29, 0.717) is 11.3 Å². The minimum atomic E-state index is -0.843. The van der Waals surface area contributed by atoms with Crippen LogP contribution in [-0.2, 0) is 14.3 Å². The summed E-state index contributed by atoms with van der Waals surface area (Å²) in [6, 6.07) is 4.32. The minimum absolute atomic E-state index is 0.343. The third-order valence-corrected chi connectivity index (χ3v) is 3.20. The number of ketones is 1. The number of hydrogen-bond acceptors (Lipinski definition) is 4. The number of benzene rings is 1. The molecule has 1 atom stereocenters. The molecule has 5 heteroatoms. The molecule has 0 aliphatic carbocycles. The van der Waals surface area contributed by atoms with E-state index in [-0.39, 0.29) is 0 Å². The molecular weight excluding hydrogens is 270 g/mol. The first-order valence-electron chi connectivity index (χ1n) is 6.83. The standard InChI is InChI=1S/C16H19NO4/c1-9-6-7-12-11(8-9)13(18)14(19)17(12)10(2)15(20)21-16(3,4)5/h6-8,10H,1-5H3/t10-/m1/s1. The zero-order valence-electron chi connectivity index (χ0n) is 12.9. The van der Waals surface area contributed by atoms with Gasteiger partial charge >= 0.3 is 5.97 Å². The van der Waals surface area contributed by atoms with Crippen molar-refractivity contribution in [3.8, 4) is 0 Å². The molecule has 0 N–H and O–H groups in total. The van der Waals surface area contributed by atoms with Crippen LogP contribution in [0.3, 0.4) is 0 Å².